The number of halogens is 3. The number of nitrogens with zero attached hydrogens (tertiary/aromatic N) is 1. The van der Waals surface area contributed by atoms with Crippen LogP contribution in [0.3, 0.4) is 0 Å². The fourth-order valence-electron chi connectivity index (χ4n) is 0.993. The Kier molecular flexibility index (Phi) is 6.63. The number of carbonyl (C=O) groups excluding carboxylic acids is 1. The lowest BCUT2D eigenvalue weighted by atomic mass is 10.3. The van der Waals surface area contributed by atoms with Crippen LogP contribution < -0.4 is 0 Å². The smallest absolute Gasteiger partial charge is 0.264 e. The van der Waals surface area contributed by atoms with Crippen molar-refractivity contribution in [2.75, 3.05) is 6.54 Å². The Morgan fingerprint density at radius 1 is 1.37 bits per heavy atom. The van der Waals surface area contributed by atoms with Crippen molar-refractivity contribution < 1.29 is 18.0 Å². The van der Waals surface area contributed by atoms with E-state index >= 15 is 0 Å². The van der Waals surface area contributed by atoms with Gasteiger partial charge in [0.05, 0.1) is 0 Å². The highest BCUT2D eigenvalue weighted by molar-refractivity contribution is 6.83. The number of rotatable bonds is 4. The summed E-state index contributed by atoms with van der Waals surface area (Å²) in [5, 5.41) is 0. The topological polar surface area (TPSA) is 20.3 Å². The van der Waals surface area contributed by atoms with Crippen LogP contribution in [-0.4, -0.2) is 31.6 Å². The van der Waals surface area contributed by atoms with Gasteiger partial charge in [0.1, 0.15) is 8.07 Å². The molecule has 0 saturated heterocycles. The molecule has 0 fully saturated rings. The van der Waals surface area contributed by atoms with E-state index < -0.39 is 20.2 Å². The number of amides is 1. The highest BCUT2D eigenvalue weighted by atomic mass is 28.3. The van der Waals surface area contributed by atoms with Gasteiger partial charge >= 0.3 is 12.1 Å². The Hall–Kier alpha value is -1.48. The Morgan fingerprint density at radius 3 is 2.37 bits per heavy atom. The van der Waals surface area contributed by atoms with Gasteiger partial charge in [-0.15, -0.1) is 5.54 Å². The molecule has 0 aliphatic rings. The normalized spacial score (nSPS) is 11.9. The number of allylic oxidation sites excluding steroid dienone is 2. The molecule has 0 aromatic heterocycles. The fraction of sp³-hybridized carbons (Fsp3) is 0.462. The zero-order valence-corrected chi connectivity index (χ0v) is 12.3. The first-order valence-electron chi connectivity index (χ1n) is 5.77. The Balaban J connectivity index is 4.93. The second-order valence-corrected chi connectivity index (χ2v) is 9.64. The van der Waals surface area contributed by atoms with Gasteiger partial charge in [0, 0.05) is 12.6 Å². The van der Waals surface area contributed by atoms with Crippen molar-refractivity contribution >= 4 is 14.0 Å². The standard InChI is InChI=1S/C13H18F3NOSi/c1-5-6-7-8-9-17(10-11-19(2,3)4)12(18)13(14,15)16/h5-7H,1,8-9H2,2-4H3/b7-6+. The zero-order valence-electron chi connectivity index (χ0n) is 11.3. The summed E-state index contributed by atoms with van der Waals surface area (Å²) in [4.78, 5) is 11.8. The van der Waals surface area contributed by atoms with Gasteiger partial charge in [0.15, 0.2) is 0 Å². The van der Waals surface area contributed by atoms with Crippen LogP contribution in [0.15, 0.2) is 24.8 Å². The third-order valence-corrected chi connectivity index (χ3v) is 2.71. The predicted octanol–water partition coefficient (Wildman–Crippen LogP) is 3.35. The Bertz CT molecular complexity index is 410. The van der Waals surface area contributed by atoms with E-state index in [0.717, 1.165) is 0 Å². The van der Waals surface area contributed by atoms with E-state index in [2.05, 4.69) is 18.2 Å². The summed E-state index contributed by atoms with van der Waals surface area (Å²) in [6.45, 7) is 9.06. The van der Waals surface area contributed by atoms with Crippen LogP contribution in [0, 0.1) is 11.6 Å². The largest absolute Gasteiger partial charge is 0.472 e. The maximum absolute atomic E-state index is 12.4. The first kappa shape index (κ1) is 17.5. The number of hydrogen-bond donors (Lipinski definition) is 0. The van der Waals surface area contributed by atoms with E-state index in [0.29, 0.717) is 11.3 Å². The second kappa shape index (κ2) is 7.19. The molecule has 0 spiro atoms. The molecule has 0 N–H and O–H groups in total. The molecule has 0 aromatic carbocycles. The quantitative estimate of drug-likeness (QED) is 0.336. The highest BCUT2D eigenvalue weighted by Crippen LogP contribution is 2.18. The SMILES string of the molecule is C=C/C=C/CCN(C#C[Si](C)(C)C)C(=O)C(F)(F)F. The minimum Gasteiger partial charge on any atom is -0.264 e. The Labute approximate surface area is 113 Å². The summed E-state index contributed by atoms with van der Waals surface area (Å²) in [5.41, 5.74) is 2.77. The van der Waals surface area contributed by atoms with Crippen LogP contribution in [0.5, 0.6) is 0 Å². The van der Waals surface area contributed by atoms with Crippen molar-refractivity contribution in [3.63, 3.8) is 0 Å². The maximum Gasteiger partial charge on any atom is 0.472 e. The van der Waals surface area contributed by atoms with Gasteiger partial charge in [-0.3, -0.25) is 9.69 Å². The first-order valence-corrected chi connectivity index (χ1v) is 9.27. The third-order valence-electron chi connectivity index (χ3n) is 1.85. The van der Waals surface area contributed by atoms with Gasteiger partial charge in [-0.25, -0.2) is 0 Å². The van der Waals surface area contributed by atoms with Crippen LogP contribution in [0.4, 0.5) is 13.2 Å². The van der Waals surface area contributed by atoms with E-state index in [1.807, 2.05) is 19.6 Å². The molecule has 6 heteroatoms. The van der Waals surface area contributed by atoms with Gasteiger partial charge in [0.25, 0.3) is 0 Å². The number of alkyl halides is 3. The molecule has 0 aromatic rings. The monoisotopic (exact) mass is 289 g/mol. The van der Waals surface area contributed by atoms with Crippen molar-refractivity contribution in [2.45, 2.75) is 32.2 Å². The average molecular weight is 289 g/mol. The molecule has 0 radical (unpaired) electrons. The van der Waals surface area contributed by atoms with Crippen molar-refractivity contribution in [1.82, 2.24) is 4.90 Å². The molecule has 0 aliphatic heterocycles. The minimum absolute atomic E-state index is 0.0832. The molecular weight excluding hydrogens is 271 g/mol. The van der Waals surface area contributed by atoms with Gasteiger partial charge in [-0.2, -0.15) is 13.2 Å². The van der Waals surface area contributed by atoms with Crippen molar-refractivity contribution in [1.29, 1.82) is 0 Å². The maximum atomic E-state index is 12.4. The predicted molar refractivity (Wildman–Crippen MR) is 72.8 cm³/mol. The third kappa shape index (κ3) is 8.27. The summed E-state index contributed by atoms with van der Waals surface area (Å²) in [7, 11) is -1.84. The lowest BCUT2D eigenvalue weighted by Crippen LogP contribution is -2.39. The molecule has 2 nitrogen and oxygen atoms in total. The highest BCUT2D eigenvalue weighted by Gasteiger charge is 2.42. The Morgan fingerprint density at radius 2 is 1.95 bits per heavy atom. The van der Waals surface area contributed by atoms with Gasteiger partial charge in [-0.1, -0.05) is 44.4 Å². The van der Waals surface area contributed by atoms with Crippen LogP contribution >= 0.6 is 0 Å². The van der Waals surface area contributed by atoms with Crippen LogP contribution in [0.25, 0.3) is 0 Å². The zero-order chi connectivity index (χ0) is 15.1. The number of carbonyl (C=O) groups is 1. The van der Waals surface area contributed by atoms with E-state index in [1.54, 1.807) is 12.2 Å². The van der Waals surface area contributed by atoms with E-state index in [4.69, 9.17) is 0 Å². The van der Waals surface area contributed by atoms with Gasteiger partial charge in [-0.05, 0) is 6.42 Å². The van der Waals surface area contributed by atoms with Gasteiger partial charge < -0.3 is 0 Å². The van der Waals surface area contributed by atoms with Crippen LogP contribution in [0.1, 0.15) is 6.42 Å². The van der Waals surface area contributed by atoms with E-state index in [1.165, 1.54) is 6.08 Å². The molecule has 0 unspecified atom stereocenters. The van der Waals surface area contributed by atoms with Crippen molar-refractivity contribution in [2.24, 2.45) is 0 Å². The second-order valence-electron chi connectivity index (χ2n) is 4.89. The molecule has 0 rings (SSSR count). The molecule has 1 amide bonds. The van der Waals surface area contributed by atoms with Crippen LogP contribution in [0.2, 0.25) is 19.6 Å². The van der Waals surface area contributed by atoms with E-state index in [-0.39, 0.29) is 6.54 Å². The summed E-state index contributed by atoms with van der Waals surface area (Å²) in [5.74, 6) is -1.91. The molecule has 19 heavy (non-hydrogen) atoms. The van der Waals surface area contributed by atoms with Crippen LogP contribution in [-0.2, 0) is 4.79 Å². The molecular formula is C13H18F3NOSi. The lowest BCUT2D eigenvalue weighted by Gasteiger charge is -2.17. The molecule has 0 heterocycles. The molecule has 0 saturated carbocycles. The first-order chi connectivity index (χ1) is 8.58. The summed E-state index contributed by atoms with van der Waals surface area (Å²) >= 11 is 0. The summed E-state index contributed by atoms with van der Waals surface area (Å²) < 4.78 is 37.2. The minimum atomic E-state index is -4.89. The average Bonchev–Trinajstić information content (AvgIpc) is 2.24. The lowest BCUT2D eigenvalue weighted by molar-refractivity contribution is -0.181. The summed E-state index contributed by atoms with van der Waals surface area (Å²) in [6, 6.07) is 2.36. The number of hydrogen-bond acceptors (Lipinski definition) is 1. The molecule has 0 bridgehead atoms. The molecule has 0 atom stereocenters. The fourth-order valence-corrected chi connectivity index (χ4v) is 1.46. The van der Waals surface area contributed by atoms with Gasteiger partial charge in [0.2, 0.25) is 0 Å². The molecule has 106 valence electrons. The summed E-state index contributed by atoms with van der Waals surface area (Å²) in [6.07, 6.45) is 0.177. The van der Waals surface area contributed by atoms with Crippen molar-refractivity contribution in [3.05, 3.63) is 24.8 Å². The van der Waals surface area contributed by atoms with E-state index in [9.17, 15) is 18.0 Å². The van der Waals surface area contributed by atoms with Crippen molar-refractivity contribution in [3.8, 4) is 11.6 Å². The molecule has 0 aliphatic carbocycles.